The molecule has 4 rings (SSSR count). The molecule has 5 nitrogen and oxygen atoms in total. The van der Waals surface area contributed by atoms with Gasteiger partial charge in [-0.15, -0.1) is 0 Å². The van der Waals surface area contributed by atoms with E-state index in [0.29, 0.717) is 35.0 Å². The SMILES string of the molecule is C=c1ccc(-c2ccnc(N3CCOCC3)n2)c/c1=C(/O)c1ccc(Cl)cc1. The number of halogens is 1. The van der Waals surface area contributed by atoms with Crippen LogP contribution in [-0.2, 0) is 4.74 Å². The second kappa shape index (κ2) is 8.00. The van der Waals surface area contributed by atoms with Gasteiger partial charge in [-0.25, -0.2) is 9.97 Å². The Morgan fingerprint density at radius 3 is 2.57 bits per heavy atom. The molecule has 142 valence electrons. The van der Waals surface area contributed by atoms with Crippen LogP contribution in [0, 0.1) is 0 Å². The van der Waals surface area contributed by atoms with E-state index < -0.39 is 0 Å². The van der Waals surface area contributed by atoms with E-state index in [0.717, 1.165) is 29.6 Å². The van der Waals surface area contributed by atoms with E-state index >= 15 is 0 Å². The number of ether oxygens (including phenoxy) is 1. The van der Waals surface area contributed by atoms with Crippen LogP contribution >= 0.6 is 11.6 Å². The average Bonchev–Trinajstić information content (AvgIpc) is 2.75. The number of hydrogen-bond donors (Lipinski definition) is 1. The average molecular weight is 394 g/mol. The van der Waals surface area contributed by atoms with E-state index in [1.165, 1.54) is 0 Å². The molecule has 1 N–H and O–H groups in total. The topological polar surface area (TPSA) is 58.5 Å². The maximum atomic E-state index is 10.8. The highest BCUT2D eigenvalue weighted by Crippen LogP contribution is 2.18. The number of nitrogens with zero attached hydrogens (tertiary/aromatic N) is 3. The standard InChI is InChI=1S/C22H20ClN3O2/c1-15-2-3-17(14-19(15)21(27)16-4-6-18(23)7-5-16)20-8-9-24-22(25-20)26-10-12-28-13-11-26/h2-9,14,27H,1,10-13H2/b21-19-. The molecule has 6 heteroatoms. The molecular weight excluding hydrogens is 374 g/mol. The lowest BCUT2D eigenvalue weighted by Gasteiger charge is -2.26. The molecule has 0 atom stereocenters. The summed E-state index contributed by atoms with van der Waals surface area (Å²) in [5, 5.41) is 12.8. The zero-order valence-corrected chi connectivity index (χ0v) is 16.1. The molecule has 0 bridgehead atoms. The summed E-state index contributed by atoms with van der Waals surface area (Å²) in [6.45, 7) is 6.96. The van der Waals surface area contributed by atoms with Gasteiger partial charge in [0.2, 0.25) is 5.95 Å². The fourth-order valence-corrected chi connectivity index (χ4v) is 3.27. The number of hydrogen-bond acceptors (Lipinski definition) is 5. The summed E-state index contributed by atoms with van der Waals surface area (Å²) >= 11 is 5.95. The molecule has 1 aromatic heterocycles. The van der Waals surface area contributed by atoms with Crippen molar-refractivity contribution in [2.24, 2.45) is 0 Å². The molecule has 0 amide bonds. The van der Waals surface area contributed by atoms with Crippen molar-refractivity contribution in [3.05, 3.63) is 75.8 Å². The van der Waals surface area contributed by atoms with Gasteiger partial charge in [0.1, 0.15) is 5.76 Å². The molecule has 3 aromatic rings. The zero-order chi connectivity index (χ0) is 19.5. The third-order valence-electron chi connectivity index (χ3n) is 4.72. The van der Waals surface area contributed by atoms with E-state index in [9.17, 15) is 5.11 Å². The van der Waals surface area contributed by atoms with Crippen LogP contribution in [0.15, 0.2) is 54.7 Å². The minimum absolute atomic E-state index is 0.158. The van der Waals surface area contributed by atoms with Gasteiger partial charge in [0.25, 0.3) is 0 Å². The largest absolute Gasteiger partial charge is 0.507 e. The van der Waals surface area contributed by atoms with Crippen LogP contribution in [-0.4, -0.2) is 41.4 Å². The fraction of sp³-hybridized carbons (Fsp3) is 0.182. The summed E-state index contributed by atoms with van der Waals surface area (Å²) in [6, 6.07) is 14.7. The van der Waals surface area contributed by atoms with Crippen LogP contribution in [0.2, 0.25) is 5.02 Å². The summed E-state index contributed by atoms with van der Waals surface area (Å²) < 4.78 is 5.40. The van der Waals surface area contributed by atoms with Gasteiger partial charge >= 0.3 is 0 Å². The van der Waals surface area contributed by atoms with E-state index in [4.69, 9.17) is 21.3 Å². The number of rotatable bonds is 3. The van der Waals surface area contributed by atoms with Gasteiger partial charge in [-0.3, -0.25) is 0 Å². The van der Waals surface area contributed by atoms with Gasteiger partial charge in [0.15, 0.2) is 0 Å². The van der Waals surface area contributed by atoms with Crippen molar-refractivity contribution in [2.75, 3.05) is 31.2 Å². The molecule has 2 heterocycles. The number of aliphatic hydroxyl groups excluding tert-OH is 1. The molecule has 1 aliphatic heterocycles. The summed E-state index contributed by atoms with van der Waals surface area (Å²) in [7, 11) is 0. The zero-order valence-electron chi connectivity index (χ0n) is 15.3. The Labute approximate surface area is 168 Å². The van der Waals surface area contributed by atoms with Crippen molar-refractivity contribution in [2.45, 2.75) is 0 Å². The predicted molar refractivity (Wildman–Crippen MR) is 112 cm³/mol. The summed E-state index contributed by atoms with van der Waals surface area (Å²) in [6.07, 6.45) is 1.76. The van der Waals surface area contributed by atoms with Gasteiger partial charge in [-0.2, -0.15) is 0 Å². The van der Waals surface area contributed by atoms with Crippen molar-refractivity contribution in [3.63, 3.8) is 0 Å². The smallest absolute Gasteiger partial charge is 0.226 e. The van der Waals surface area contributed by atoms with Gasteiger partial charge in [-0.05, 0) is 41.6 Å². The fourth-order valence-electron chi connectivity index (χ4n) is 3.14. The second-order valence-electron chi connectivity index (χ2n) is 6.57. The third-order valence-corrected chi connectivity index (χ3v) is 4.97. The molecule has 0 saturated carbocycles. The lowest BCUT2D eigenvalue weighted by molar-refractivity contribution is 0.122. The molecule has 0 radical (unpaired) electrons. The summed E-state index contributed by atoms with van der Waals surface area (Å²) in [5.74, 6) is 0.845. The van der Waals surface area contributed by atoms with Crippen molar-refractivity contribution in [3.8, 4) is 11.3 Å². The normalized spacial score (nSPS) is 15.4. The first-order chi connectivity index (χ1) is 13.6. The maximum Gasteiger partial charge on any atom is 0.226 e. The summed E-state index contributed by atoms with van der Waals surface area (Å²) in [5.41, 5.74) is 2.37. The molecule has 0 spiro atoms. The van der Waals surface area contributed by atoms with Crippen molar-refractivity contribution >= 4 is 29.9 Å². The number of anilines is 1. The number of benzene rings is 2. The molecule has 28 heavy (non-hydrogen) atoms. The first-order valence-corrected chi connectivity index (χ1v) is 9.44. The minimum Gasteiger partial charge on any atom is -0.507 e. The van der Waals surface area contributed by atoms with Gasteiger partial charge in [0, 0.05) is 40.7 Å². The number of aromatic nitrogens is 2. The number of aliphatic hydroxyl groups is 1. The van der Waals surface area contributed by atoms with Crippen LogP contribution in [0.1, 0.15) is 5.56 Å². The lowest BCUT2D eigenvalue weighted by atomic mass is 10.1. The summed E-state index contributed by atoms with van der Waals surface area (Å²) in [4.78, 5) is 11.2. The quantitative estimate of drug-likeness (QED) is 0.741. The number of morpholine rings is 1. The van der Waals surface area contributed by atoms with E-state index in [2.05, 4.69) is 16.5 Å². The van der Waals surface area contributed by atoms with Crippen LogP contribution < -0.4 is 15.3 Å². The van der Waals surface area contributed by atoms with Crippen LogP contribution in [0.3, 0.4) is 0 Å². The van der Waals surface area contributed by atoms with Crippen molar-refractivity contribution in [1.29, 1.82) is 0 Å². The molecule has 1 aliphatic rings. The Kier molecular flexibility index (Phi) is 5.28. The van der Waals surface area contributed by atoms with E-state index in [1.807, 2.05) is 24.3 Å². The highest BCUT2D eigenvalue weighted by atomic mass is 35.5. The Bertz CT molecular complexity index is 1090. The van der Waals surface area contributed by atoms with E-state index in [1.54, 1.807) is 30.5 Å². The predicted octanol–water partition coefficient (Wildman–Crippen LogP) is 2.76. The molecule has 0 unspecified atom stereocenters. The molecular formula is C22H20ClN3O2. The first-order valence-electron chi connectivity index (χ1n) is 9.06. The Morgan fingerprint density at radius 2 is 1.82 bits per heavy atom. The van der Waals surface area contributed by atoms with Crippen molar-refractivity contribution in [1.82, 2.24) is 9.97 Å². The first kappa shape index (κ1) is 18.5. The minimum atomic E-state index is 0.158. The van der Waals surface area contributed by atoms with Gasteiger partial charge in [0.05, 0.1) is 18.9 Å². The molecule has 0 aliphatic carbocycles. The monoisotopic (exact) mass is 393 g/mol. The Balaban J connectivity index is 1.76. The van der Waals surface area contributed by atoms with Gasteiger partial charge < -0.3 is 14.7 Å². The highest BCUT2D eigenvalue weighted by Gasteiger charge is 2.14. The van der Waals surface area contributed by atoms with Crippen LogP contribution in [0.5, 0.6) is 0 Å². The van der Waals surface area contributed by atoms with Crippen molar-refractivity contribution < 1.29 is 9.84 Å². The molecule has 1 saturated heterocycles. The Hall–Kier alpha value is -2.89. The lowest BCUT2D eigenvalue weighted by Crippen LogP contribution is -2.37. The maximum absolute atomic E-state index is 10.8. The second-order valence-corrected chi connectivity index (χ2v) is 7.01. The third kappa shape index (κ3) is 3.86. The van der Waals surface area contributed by atoms with E-state index in [-0.39, 0.29) is 5.76 Å². The van der Waals surface area contributed by atoms with Crippen LogP contribution in [0.25, 0.3) is 23.6 Å². The Morgan fingerprint density at radius 1 is 1.07 bits per heavy atom. The highest BCUT2D eigenvalue weighted by molar-refractivity contribution is 6.30. The molecule has 1 fully saturated rings. The van der Waals surface area contributed by atoms with Gasteiger partial charge in [-0.1, -0.05) is 30.3 Å². The van der Waals surface area contributed by atoms with Crippen LogP contribution in [0.4, 0.5) is 5.95 Å². The molecule has 2 aromatic carbocycles.